The SMILES string of the molecule is COC(=O)NS(=O)(=O)NCC(C)CCC(=O)O. The van der Waals surface area contributed by atoms with Crippen molar-refractivity contribution in [1.29, 1.82) is 0 Å². The van der Waals surface area contributed by atoms with E-state index in [0.717, 1.165) is 7.11 Å². The van der Waals surface area contributed by atoms with Crippen LogP contribution in [0.15, 0.2) is 0 Å². The van der Waals surface area contributed by atoms with Gasteiger partial charge < -0.3 is 9.84 Å². The van der Waals surface area contributed by atoms with Crippen molar-refractivity contribution in [3.63, 3.8) is 0 Å². The fourth-order valence-electron chi connectivity index (χ4n) is 0.911. The van der Waals surface area contributed by atoms with E-state index in [0.29, 0.717) is 6.42 Å². The quantitative estimate of drug-likeness (QED) is 0.581. The zero-order chi connectivity index (χ0) is 13.5. The van der Waals surface area contributed by atoms with E-state index >= 15 is 0 Å². The van der Waals surface area contributed by atoms with Crippen molar-refractivity contribution in [2.45, 2.75) is 19.8 Å². The molecule has 0 heterocycles. The van der Waals surface area contributed by atoms with Crippen LogP contribution < -0.4 is 9.44 Å². The average Bonchev–Trinajstić information content (AvgIpc) is 2.22. The van der Waals surface area contributed by atoms with Crippen LogP contribution in [0, 0.1) is 5.92 Å². The topological polar surface area (TPSA) is 122 Å². The van der Waals surface area contributed by atoms with Crippen molar-refractivity contribution in [3.8, 4) is 0 Å². The molecule has 8 nitrogen and oxygen atoms in total. The highest BCUT2D eigenvalue weighted by atomic mass is 32.2. The summed E-state index contributed by atoms with van der Waals surface area (Å²) in [5.74, 6) is -1.09. The van der Waals surface area contributed by atoms with Crippen LogP contribution in [0.3, 0.4) is 0 Å². The summed E-state index contributed by atoms with van der Waals surface area (Å²) in [6.07, 6.45) is -0.778. The molecule has 9 heteroatoms. The predicted octanol–water partition coefficient (Wildman–Crippen LogP) is -0.322. The molecule has 3 N–H and O–H groups in total. The Morgan fingerprint density at radius 2 is 2.00 bits per heavy atom. The molecule has 0 aromatic heterocycles. The van der Waals surface area contributed by atoms with Crippen molar-refractivity contribution < 1.29 is 27.9 Å². The Balaban J connectivity index is 4.01. The number of aliphatic carboxylic acids is 1. The van der Waals surface area contributed by atoms with Gasteiger partial charge in [-0.1, -0.05) is 6.92 Å². The molecule has 1 unspecified atom stereocenters. The minimum atomic E-state index is -3.95. The van der Waals surface area contributed by atoms with Gasteiger partial charge in [0.05, 0.1) is 7.11 Å². The van der Waals surface area contributed by atoms with Gasteiger partial charge in [-0.15, -0.1) is 0 Å². The van der Waals surface area contributed by atoms with Gasteiger partial charge in [-0.05, 0) is 12.3 Å². The molecule has 0 spiro atoms. The van der Waals surface area contributed by atoms with Crippen molar-refractivity contribution >= 4 is 22.3 Å². The maximum atomic E-state index is 11.2. The molecule has 0 aliphatic carbocycles. The van der Waals surface area contributed by atoms with Gasteiger partial charge in [-0.3, -0.25) is 4.79 Å². The van der Waals surface area contributed by atoms with Gasteiger partial charge >= 0.3 is 22.3 Å². The Hall–Kier alpha value is -1.35. The number of methoxy groups -OCH3 is 1. The Bertz CT molecular complexity index is 366. The summed E-state index contributed by atoms with van der Waals surface area (Å²) in [6.45, 7) is 1.74. The standard InChI is InChI=1S/C8H16N2O6S/c1-6(3-4-7(11)12)5-9-17(14,15)10-8(13)16-2/h6,9H,3-5H2,1-2H3,(H,10,13)(H,11,12). The van der Waals surface area contributed by atoms with Gasteiger partial charge in [0.1, 0.15) is 0 Å². The second-order valence-electron chi connectivity index (χ2n) is 3.48. The monoisotopic (exact) mass is 268 g/mol. The average molecular weight is 268 g/mol. The molecule has 0 fully saturated rings. The number of nitrogens with one attached hydrogen (secondary N) is 2. The summed E-state index contributed by atoms with van der Waals surface area (Å²) in [5.41, 5.74) is 0. The number of hydrogen-bond donors (Lipinski definition) is 3. The van der Waals surface area contributed by atoms with Gasteiger partial charge in [-0.2, -0.15) is 13.1 Å². The number of carbonyl (C=O) groups excluding carboxylic acids is 1. The zero-order valence-corrected chi connectivity index (χ0v) is 10.4. The number of hydrogen-bond acceptors (Lipinski definition) is 5. The van der Waals surface area contributed by atoms with Crippen molar-refractivity contribution in [2.24, 2.45) is 5.92 Å². The summed E-state index contributed by atoms with van der Waals surface area (Å²) in [4.78, 5) is 20.9. The van der Waals surface area contributed by atoms with E-state index in [9.17, 15) is 18.0 Å². The highest BCUT2D eigenvalue weighted by molar-refractivity contribution is 7.88. The summed E-state index contributed by atoms with van der Waals surface area (Å²) in [5, 5.41) is 8.43. The first-order valence-corrected chi connectivity index (χ1v) is 6.32. The highest BCUT2D eigenvalue weighted by Crippen LogP contribution is 2.04. The molecule has 0 aliphatic rings. The number of rotatable bonds is 7. The molecule has 17 heavy (non-hydrogen) atoms. The summed E-state index contributed by atoms with van der Waals surface area (Å²) >= 11 is 0. The highest BCUT2D eigenvalue weighted by Gasteiger charge is 2.15. The molecule has 0 aromatic carbocycles. The van der Waals surface area contributed by atoms with Crippen molar-refractivity contribution in [2.75, 3.05) is 13.7 Å². The summed E-state index contributed by atoms with van der Waals surface area (Å²) < 4.78 is 30.3. The lowest BCUT2D eigenvalue weighted by atomic mass is 10.1. The number of carboxylic acids is 1. The molecule has 1 amide bonds. The van der Waals surface area contributed by atoms with Gasteiger partial charge in [-0.25, -0.2) is 9.52 Å². The van der Waals surface area contributed by atoms with Crippen LogP contribution in [0.2, 0.25) is 0 Å². The summed E-state index contributed by atoms with van der Waals surface area (Å²) in [6, 6.07) is 0. The Kier molecular flexibility index (Phi) is 6.51. The molecule has 100 valence electrons. The Morgan fingerprint density at radius 1 is 1.41 bits per heavy atom. The second-order valence-corrected chi connectivity index (χ2v) is 4.98. The number of carbonyl (C=O) groups is 2. The molecule has 0 aliphatic heterocycles. The van der Waals surface area contributed by atoms with Crippen LogP contribution in [-0.4, -0.2) is 39.2 Å². The molecule has 1 atom stereocenters. The molecular formula is C8H16N2O6S. The van der Waals surface area contributed by atoms with E-state index in [4.69, 9.17) is 5.11 Å². The molecule has 0 saturated carbocycles. The third-order valence-corrected chi connectivity index (χ3v) is 2.86. The van der Waals surface area contributed by atoms with Crippen LogP contribution in [0.1, 0.15) is 19.8 Å². The number of amides is 1. The van der Waals surface area contributed by atoms with Gasteiger partial charge in [0.15, 0.2) is 0 Å². The maximum absolute atomic E-state index is 11.2. The van der Waals surface area contributed by atoms with Gasteiger partial charge in [0.2, 0.25) is 0 Å². The second kappa shape index (κ2) is 7.07. The van der Waals surface area contributed by atoms with Gasteiger partial charge in [0, 0.05) is 13.0 Å². The van der Waals surface area contributed by atoms with E-state index in [-0.39, 0.29) is 18.9 Å². The van der Waals surface area contributed by atoms with Crippen LogP contribution in [0.5, 0.6) is 0 Å². The largest absolute Gasteiger partial charge is 0.481 e. The van der Waals surface area contributed by atoms with Crippen LogP contribution in [0.25, 0.3) is 0 Å². The van der Waals surface area contributed by atoms with E-state index in [1.54, 1.807) is 11.6 Å². The predicted molar refractivity (Wildman–Crippen MR) is 58.5 cm³/mol. The Labute approximate surface area is 99.5 Å². The van der Waals surface area contributed by atoms with Crippen molar-refractivity contribution in [3.05, 3.63) is 0 Å². The van der Waals surface area contributed by atoms with Crippen LogP contribution in [-0.2, 0) is 19.7 Å². The molecule has 0 aromatic rings. The minimum absolute atomic E-state index is 0.0344. The van der Waals surface area contributed by atoms with E-state index in [1.165, 1.54) is 0 Å². The van der Waals surface area contributed by atoms with E-state index in [2.05, 4.69) is 9.46 Å². The van der Waals surface area contributed by atoms with E-state index in [1.807, 2.05) is 0 Å². The minimum Gasteiger partial charge on any atom is -0.481 e. The first-order chi connectivity index (χ1) is 7.76. The number of ether oxygens (including phenoxy) is 1. The fourth-order valence-corrected chi connectivity index (χ4v) is 1.79. The normalized spacial score (nSPS) is 12.8. The smallest absolute Gasteiger partial charge is 0.421 e. The zero-order valence-electron chi connectivity index (χ0n) is 9.60. The lowest BCUT2D eigenvalue weighted by molar-refractivity contribution is -0.137. The molecule has 0 rings (SSSR count). The first kappa shape index (κ1) is 15.7. The molecule has 0 radical (unpaired) electrons. The lowest BCUT2D eigenvalue weighted by Crippen LogP contribution is -2.41. The summed E-state index contributed by atoms with van der Waals surface area (Å²) in [7, 11) is -2.91. The lowest BCUT2D eigenvalue weighted by Gasteiger charge is -2.11. The molecule has 0 saturated heterocycles. The van der Waals surface area contributed by atoms with Crippen LogP contribution in [0.4, 0.5) is 4.79 Å². The number of carboxylic acid groups (broad SMARTS) is 1. The third kappa shape index (κ3) is 8.46. The maximum Gasteiger partial charge on any atom is 0.421 e. The van der Waals surface area contributed by atoms with E-state index < -0.39 is 22.3 Å². The van der Waals surface area contributed by atoms with Gasteiger partial charge in [0.25, 0.3) is 0 Å². The Morgan fingerprint density at radius 3 is 2.47 bits per heavy atom. The van der Waals surface area contributed by atoms with Crippen LogP contribution >= 0.6 is 0 Å². The molecule has 0 bridgehead atoms. The molecular weight excluding hydrogens is 252 g/mol. The van der Waals surface area contributed by atoms with Crippen molar-refractivity contribution in [1.82, 2.24) is 9.44 Å². The fraction of sp³-hybridized carbons (Fsp3) is 0.750. The first-order valence-electron chi connectivity index (χ1n) is 4.84. The third-order valence-electron chi connectivity index (χ3n) is 1.88.